The molecule has 5 heteroatoms. The topological polar surface area (TPSA) is 61.7 Å². The summed E-state index contributed by atoms with van der Waals surface area (Å²) in [6.07, 6.45) is -0.581. The van der Waals surface area contributed by atoms with E-state index in [1.54, 1.807) is 24.3 Å². The summed E-state index contributed by atoms with van der Waals surface area (Å²) in [4.78, 5) is 0. The molecule has 98 valence electrons. The van der Waals surface area contributed by atoms with E-state index in [9.17, 15) is 10.2 Å². The summed E-state index contributed by atoms with van der Waals surface area (Å²) < 4.78 is 5.29. The molecule has 3 N–H and O–H groups in total. The van der Waals surface area contributed by atoms with Crippen LogP contribution in [0.3, 0.4) is 0 Å². The summed E-state index contributed by atoms with van der Waals surface area (Å²) in [5.74, 6) is 0.484. The van der Waals surface area contributed by atoms with Crippen molar-refractivity contribution in [2.45, 2.75) is 26.0 Å². The van der Waals surface area contributed by atoms with Crippen molar-refractivity contribution in [1.82, 2.24) is 5.32 Å². The standard InChI is InChI=1S/C12H19NO3.ClH/c1-9(2)13-7-10(14)8-16-12-6-4-3-5-11(12)15;/h3-6,9-10,13-15H,7-8H2,1-2H3;1H. The number of aliphatic hydroxyl groups excluding tert-OH is 1. The second-order valence-corrected chi connectivity index (χ2v) is 4.00. The normalized spacial score (nSPS) is 12.0. The lowest BCUT2D eigenvalue weighted by Gasteiger charge is -2.15. The highest BCUT2D eigenvalue weighted by Crippen LogP contribution is 2.24. The fourth-order valence-corrected chi connectivity index (χ4v) is 1.20. The Balaban J connectivity index is 0.00000256. The van der Waals surface area contributed by atoms with Gasteiger partial charge in [-0.3, -0.25) is 0 Å². The van der Waals surface area contributed by atoms with Crippen LogP contribution in [0, 0.1) is 0 Å². The van der Waals surface area contributed by atoms with Crippen molar-refractivity contribution in [2.75, 3.05) is 13.2 Å². The minimum Gasteiger partial charge on any atom is -0.504 e. The zero-order chi connectivity index (χ0) is 12.0. The number of hydrogen-bond donors (Lipinski definition) is 3. The number of rotatable bonds is 6. The van der Waals surface area contributed by atoms with Crippen LogP contribution in [0.2, 0.25) is 0 Å². The maximum absolute atomic E-state index is 9.58. The molecule has 0 amide bonds. The van der Waals surface area contributed by atoms with Gasteiger partial charge in [0.25, 0.3) is 0 Å². The monoisotopic (exact) mass is 261 g/mol. The van der Waals surface area contributed by atoms with Crippen molar-refractivity contribution < 1.29 is 14.9 Å². The van der Waals surface area contributed by atoms with Crippen molar-refractivity contribution in [3.8, 4) is 11.5 Å². The zero-order valence-corrected chi connectivity index (χ0v) is 10.9. The Morgan fingerprint density at radius 1 is 1.29 bits per heavy atom. The Hall–Kier alpha value is -0.970. The predicted octanol–water partition coefficient (Wildman–Crippen LogP) is 1.55. The highest BCUT2D eigenvalue weighted by Gasteiger charge is 2.07. The van der Waals surface area contributed by atoms with Gasteiger partial charge in [0.1, 0.15) is 12.7 Å². The van der Waals surface area contributed by atoms with E-state index in [2.05, 4.69) is 5.32 Å². The van der Waals surface area contributed by atoms with E-state index in [1.807, 2.05) is 13.8 Å². The second-order valence-electron chi connectivity index (χ2n) is 4.00. The first-order chi connectivity index (χ1) is 7.59. The first-order valence-electron chi connectivity index (χ1n) is 5.42. The molecule has 0 bridgehead atoms. The molecule has 1 unspecified atom stereocenters. The van der Waals surface area contributed by atoms with Gasteiger partial charge in [-0.15, -0.1) is 12.4 Å². The largest absolute Gasteiger partial charge is 0.504 e. The van der Waals surface area contributed by atoms with Crippen molar-refractivity contribution >= 4 is 12.4 Å². The van der Waals surface area contributed by atoms with Gasteiger partial charge >= 0.3 is 0 Å². The minimum atomic E-state index is -0.581. The van der Waals surface area contributed by atoms with E-state index < -0.39 is 6.10 Å². The molecule has 1 atom stereocenters. The van der Waals surface area contributed by atoms with Crippen molar-refractivity contribution in [3.63, 3.8) is 0 Å². The van der Waals surface area contributed by atoms with Crippen molar-refractivity contribution in [2.24, 2.45) is 0 Å². The molecule has 1 aromatic carbocycles. The molecule has 0 saturated heterocycles. The molecule has 0 aliphatic rings. The van der Waals surface area contributed by atoms with Crippen molar-refractivity contribution in [1.29, 1.82) is 0 Å². The maximum Gasteiger partial charge on any atom is 0.161 e. The molecular formula is C12H20ClNO3. The predicted molar refractivity (Wildman–Crippen MR) is 70.0 cm³/mol. The summed E-state index contributed by atoms with van der Waals surface area (Å²) in [5, 5.41) is 22.1. The molecule has 0 aliphatic carbocycles. The smallest absolute Gasteiger partial charge is 0.161 e. The van der Waals surface area contributed by atoms with Gasteiger partial charge in [0.2, 0.25) is 0 Å². The number of aliphatic hydroxyl groups is 1. The number of aromatic hydroxyl groups is 1. The lowest BCUT2D eigenvalue weighted by Crippen LogP contribution is -2.35. The van der Waals surface area contributed by atoms with Crippen LogP contribution < -0.4 is 10.1 Å². The SMILES string of the molecule is CC(C)NCC(O)COc1ccccc1O.Cl. The first kappa shape index (κ1) is 16.0. The van der Waals surface area contributed by atoms with Gasteiger partial charge in [-0.2, -0.15) is 0 Å². The third-order valence-electron chi connectivity index (χ3n) is 2.06. The molecule has 17 heavy (non-hydrogen) atoms. The molecular weight excluding hydrogens is 242 g/mol. The second kappa shape index (κ2) is 8.17. The third kappa shape index (κ3) is 6.36. The number of phenolic OH excluding ortho intramolecular Hbond substituents is 1. The van der Waals surface area contributed by atoms with Crippen LogP contribution in [-0.4, -0.2) is 35.5 Å². The number of para-hydroxylation sites is 2. The van der Waals surface area contributed by atoms with E-state index in [-0.39, 0.29) is 24.8 Å². The van der Waals surface area contributed by atoms with Crippen LogP contribution in [0.1, 0.15) is 13.8 Å². The molecule has 1 aromatic rings. The van der Waals surface area contributed by atoms with E-state index in [0.717, 1.165) is 0 Å². The lowest BCUT2D eigenvalue weighted by molar-refractivity contribution is 0.103. The maximum atomic E-state index is 9.58. The van der Waals surface area contributed by atoms with Gasteiger partial charge < -0.3 is 20.3 Å². The average molecular weight is 262 g/mol. The molecule has 4 nitrogen and oxygen atoms in total. The first-order valence-corrected chi connectivity index (χ1v) is 5.42. The fraction of sp³-hybridized carbons (Fsp3) is 0.500. The number of hydrogen-bond acceptors (Lipinski definition) is 4. The summed E-state index contributed by atoms with van der Waals surface area (Å²) in [6, 6.07) is 7.04. The molecule has 0 radical (unpaired) electrons. The van der Waals surface area contributed by atoms with E-state index >= 15 is 0 Å². The van der Waals surface area contributed by atoms with Crippen LogP contribution in [-0.2, 0) is 0 Å². The molecule has 0 aromatic heterocycles. The molecule has 1 rings (SSSR count). The number of phenols is 1. The summed E-state index contributed by atoms with van der Waals surface area (Å²) in [7, 11) is 0. The average Bonchev–Trinajstić information content (AvgIpc) is 2.25. The van der Waals surface area contributed by atoms with Crippen LogP contribution in [0.15, 0.2) is 24.3 Å². The molecule has 0 fully saturated rings. The number of ether oxygens (including phenoxy) is 1. The fourth-order valence-electron chi connectivity index (χ4n) is 1.20. The summed E-state index contributed by atoms with van der Waals surface area (Å²) in [5.41, 5.74) is 0. The van der Waals surface area contributed by atoms with Crippen molar-refractivity contribution in [3.05, 3.63) is 24.3 Å². The van der Waals surface area contributed by atoms with Gasteiger partial charge in [-0.25, -0.2) is 0 Å². The van der Waals surface area contributed by atoms with Gasteiger partial charge in [0.05, 0.1) is 0 Å². The number of halogens is 1. The number of nitrogens with one attached hydrogen (secondary N) is 1. The van der Waals surface area contributed by atoms with Gasteiger partial charge in [0, 0.05) is 12.6 Å². The van der Waals surface area contributed by atoms with E-state index in [4.69, 9.17) is 4.74 Å². The Labute approximate surface area is 108 Å². The Morgan fingerprint density at radius 2 is 1.94 bits per heavy atom. The molecule has 0 heterocycles. The minimum absolute atomic E-state index is 0. The van der Waals surface area contributed by atoms with Crippen LogP contribution in [0.25, 0.3) is 0 Å². The van der Waals surface area contributed by atoms with Crippen LogP contribution in [0.5, 0.6) is 11.5 Å². The van der Waals surface area contributed by atoms with E-state index in [1.165, 1.54) is 0 Å². The highest BCUT2D eigenvalue weighted by atomic mass is 35.5. The summed E-state index contributed by atoms with van der Waals surface area (Å²) >= 11 is 0. The lowest BCUT2D eigenvalue weighted by atomic mass is 10.3. The van der Waals surface area contributed by atoms with E-state index in [0.29, 0.717) is 18.3 Å². The Morgan fingerprint density at radius 3 is 2.53 bits per heavy atom. The van der Waals surface area contributed by atoms with Crippen LogP contribution >= 0.6 is 12.4 Å². The molecule has 0 spiro atoms. The highest BCUT2D eigenvalue weighted by molar-refractivity contribution is 5.85. The molecule has 0 aliphatic heterocycles. The third-order valence-corrected chi connectivity index (χ3v) is 2.06. The Kier molecular flexibility index (Phi) is 7.70. The quantitative estimate of drug-likeness (QED) is 0.727. The van der Waals surface area contributed by atoms with Gasteiger partial charge in [-0.1, -0.05) is 26.0 Å². The van der Waals surface area contributed by atoms with Crippen LogP contribution in [0.4, 0.5) is 0 Å². The molecule has 0 saturated carbocycles. The number of benzene rings is 1. The Bertz CT molecular complexity index is 320. The summed E-state index contributed by atoms with van der Waals surface area (Å²) in [6.45, 7) is 4.66. The zero-order valence-electron chi connectivity index (χ0n) is 10.1. The van der Waals surface area contributed by atoms with Gasteiger partial charge in [-0.05, 0) is 12.1 Å². The van der Waals surface area contributed by atoms with Gasteiger partial charge in [0.15, 0.2) is 11.5 Å².